The van der Waals surface area contributed by atoms with Gasteiger partial charge in [-0.3, -0.25) is 14.5 Å². The molecule has 0 amide bonds. The second kappa shape index (κ2) is 10.3. The summed E-state index contributed by atoms with van der Waals surface area (Å²) in [6.45, 7) is 6.13. The van der Waals surface area contributed by atoms with Gasteiger partial charge >= 0.3 is 0 Å². The normalized spacial score (nSPS) is 11.6. The third-order valence-corrected chi connectivity index (χ3v) is 4.92. The zero-order valence-electron chi connectivity index (χ0n) is 17.1. The third kappa shape index (κ3) is 5.35. The van der Waals surface area contributed by atoms with Crippen molar-refractivity contribution in [2.75, 3.05) is 40.5 Å². The van der Waals surface area contributed by atoms with Crippen LogP contribution < -0.4 is 0 Å². The number of hydrogen-bond acceptors (Lipinski definition) is 5. The third-order valence-electron chi connectivity index (χ3n) is 4.92. The van der Waals surface area contributed by atoms with Gasteiger partial charge in [0.15, 0.2) is 11.6 Å². The van der Waals surface area contributed by atoms with E-state index < -0.39 is 5.54 Å². The molecule has 2 aromatic rings. The molecule has 0 unspecified atom stereocenters. The number of ketones is 2. The summed E-state index contributed by atoms with van der Waals surface area (Å²) in [6, 6.07) is 16.0. The molecule has 0 spiro atoms. The number of benzene rings is 2. The van der Waals surface area contributed by atoms with Crippen LogP contribution in [0.15, 0.2) is 54.6 Å². The second-order valence-electron chi connectivity index (χ2n) is 7.13. The fourth-order valence-electron chi connectivity index (χ4n) is 3.10. The Kier molecular flexibility index (Phi) is 8.05. The van der Waals surface area contributed by atoms with E-state index in [-0.39, 0.29) is 11.6 Å². The Balaban J connectivity index is 2.18. The van der Waals surface area contributed by atoms with Gasteiger partial charge in [-0.05, 0) is 13.8 Å². The van der Waals surface area contributed by atoms with Crippen molar-refractivity contribution in [2.24, 2.45) is 0 Å². The fraction of sp³-hybridized carbons (Fsp3) is 0.391. The van der Waals surface area contributed by atoms with Gasteiger partial charge in [-0.2, -0.15) is 0 Å². The minimum atomic E-state index is -0.720. The van der Waals surface area contributed by atoms with E-state index in [9.17, 15) is 9.59 Å². The summed E-state index contributed by atoms with van der Waals surface area (Å²) in [7, 11) is 3.29. The topological polar surface area (TPSA) is 55.8 Å². The molecule has 0 aliphatic carbocycles. The molecule has 0 radical (unpaired) electrons. The number of carbonyl (C=O) groups excluding carboxylic acids is 2. The van der Waals surface area contributed by atoms with Crippen molar-refractivity contribution in [1.82, 2.24) is 4.90 Å². The van der Waals surface area contributed by atoms with Crippen LogP contribution in [-0.2, 0) is 9.47 Å². The van der Waals surface area contributed by atoms with E-state index in [0.717, 1.165) is 0 Å². The van der Waals surface area contributed by atoms with Gasteiger partial charge in [0, 0.05) is 44.0 Å². The molecule has 2 rings (SSSR count). The van der Waals surface area contributed by atoms with Crippen LogP contribution in [0.25, 0.3) is 0 Å². The summed E-state index contributed by atoms with van der Waals surface area (Å²) in [5.41, 5.74) is 1.06. The molecular formula is C23H29NO4. The summed E-state index contributed by atoms with van der Waals surface area (Å²) < 4.78 is 10.4. The van der Waals surface area contributed by atoms with Crippen molar-refractivity contribution >= 4 is 11.6 Å². The molecule has 5 heteroatoms. The molecule has 2 aromatic carbocycles. The zero-order valence-corrected chi connectivity index (χ0v) is 17.1. The Bertz CT molecular complexity index is 761. The van der Waals surface area contributed by atoms with Crippen LogP contribution in [-0.4, -0.2) is 62.5 Å². The Morgan fingerprint density at radius 1 is 0.786 bits per heavy atom. The molecule has 28 heavy (non-hydrogen) atoms. The van der Waals surface area contributed by atoms with Gasteiger partial charge in [-0.1, -0.05) is 54.6 Å². The van der Waals surface area contributed by atoms with E-state index in [1.165, 1.54) is 0 Å². The molecule has 0 heterocycles. The summed E-state index contributed by atoms with van der Waals surface area (Å²) in [4.78, 5) is 27.8. The van der Waals surface area contributed by atoms with Crippen LogP contribution in [0.2, 0.25) is 0 Å². The molecule has 0 fully saturated rings. The number of nitrogens with zero attached hydrogens (tertiary/aromatic N) is 1. The van der Waals surface area contributed by atoms with Crippen LogP contribution in [0.5, 0.6) is 0 Å². The maximum atomic E-state index is 13.2. The number of methoxy groups -OCH3 is 2. The molecule has 0 bridgehead atoms. The van der Waals surface area contributed by atoms with Crippen LogP contribution >= 0.6 is 0 Å². The maximum absolute atomic E-state index is 13.2. The molecule has 0 aliphatic heterocycles. The van der Waals surface area contributed by atoms with E-state index >= 15 is 0 Å². The molecule has 0 saturated heterocycles. The Hall–Kier alpha value is -2.34. The largest absolute Gasteiger partial charge is 0.383 e. The zero-order chi connectivity index (χ0) is 20.6. The summed E-state index contributed by atoms with van der Waals surface area (Å²) in [5.74, 6) is -0.0564. The van der Waals surface area contributed by atoms with Gasteiger partial charge in [-0.15, -0.1) is 0 Å². The van der Waals surface area contributed by atoms with Crippen molar-refractivity contribution < 1.29 is 19.1 Å². The summed E-state index contributed by atoms with van der Waals surface area (Å²) >= 11 is 0. The van der Waals surface area contributed by atoms with Crippen molar-refractivity contribution in [3.63, 3.8) is 0 Å². The number of ether oxygens (including phenoxy) is 2. The number of hydrogen-bond donors (Lipinski definition) is 0. The Morgan fingerprint density at radius 2 is 1.25 bits per heavy atom. The minimum Gasteiger partial charge on any atom is -0.383 e. The van der Waals surface area contributed by atoms with E-state index in [2.05, 4.69) is 4.90 Å². The SMILES string of the molecule is COCCN(CCOC)C(C)(C)C(=O)c1ccc(C(=O)c2ccccc2)cc1. The molecule has 0 N–H and O–H groups in total. The van der Waals surface area contributed by atoms with E-state index in [0.29, 0.717) is 43.0 Å². The van der Waals surface area contributed by atoms with Crippen LogP contribution in [0.1, 0.15) is 40.1 Å². The van der Waals surface area contributed by atoms with Gasteiger partial charge in [0.25, 0.3) is 0 Å². The highest BCUT2D eigenvalue weighted by Crippen LogP contribution is 2.21. The Morgan fingerprint density at radius 3 is 1.75 bits per heavy atom. The summed E-state index contributed by atoms with van der Waals surface area (Å²) in [6.07, 6.45) is 0. The van der Waals surface area contributed by atoms with Crippen molar-refractivity contribution in [3.8, 4) is 0 Å². The maximum Gasteiger partial charge on any atom is 0.193 e. The first-order chi connectivity index (χ1) is 13.4. The molecule has 150 valence electrons. The van der Waals surface area contributed by atoms with Crippen molar-refractivity contribution in [2.45, 2.75) is 19.4 Å². The number of Topliss-reactive ketones (excluding diaryl/α,β-unsaturated/α-hetero) is 1. The lowest BCUT2D eigenvalue weighted by atomic mass is 9.90. The highest BCUT2D eigenvalue weighted by atomic mass is 16.5. The minimum absolute atomic E-state index is 0.00147. The van der Waals surface area contributed by atoms with Crippen LogP contribution in [0.3, 0.4) is 0 Å². The smallest absolute Gasteiger partial charge is 0.193 e. The van der Waals surface area contributed by atoms with Crippen molar-refractivity contribution in [1.29, 1.82) is 0 Å². The average Bonchev–Trinajstić information content (AvgIpc) is 2.73. The van der Waals surface area contributed by atoms with E-state index in [4.69, 9.17) is 9.47 Å². The van der Waals surface area contributed by atoms with Gasteiger partial charge in [0.05, 0.1) is 18.8 Å². The molecule has 0 saturated carbocycles. The quantitative estimate of drug-likeness (QED) is 0.556. The predicted molar refractivity (Wildman–Crippen MR) is 110 cm³/mol. The lowest BCUT2D eigenvalue weighted by Gasteiger charge is -2.37. The van der Waals surface area contributed by atoms with Gasteiger partial charge < -0.3 is 9.47 Å². The number of rotatable bonds is 11. The van der Waals surface area contributed by atoms with Gasteiger partial charge in [0.2, 0.25) is 0 Å². The van der Waals surface area contributed by atoms with E-state index in [1.807, 2.05) is 32.0 Å². The highest BCUT2D eigenvalue weighted by Gasteiger charge is 2.34. The first-order valence-corrected chi connectivity index (χ1v) is 9.39. The number of carbonyl (C=O) groups is 2. The van der Waals surface area contributed by atoms with Crippen LogP contribution in [0.4, 0.5) is 0 Å². The highest BCUT2D eigenvalue weighted by molar-refractivity contribution is 6.10. The molecule has 0 atom stereocenters. The second-order valence-corrected chi connectivity index (χ2v) is 7.13. The monoisotopic (exact) mass is 383 g/mol. The average molecular weight is 383 g/mol. The molecule has 0 aliphatic rings. The first-order valence-electron chi connectivity index (χ1n) is 9.39. The summed E-state index contributed by atoms with van der Waals surface area (Å²) in [5, 5.41) is 0. The lowest BCUT2D eigenvalue weighted by molar-refractivity contribution is 0.0418. The standard InChI is InChI=1S/C23H29NO4/c1-23(2,24(14-16-27-3)15-17-28-4)22(26)20-12-10-19(11-13-20)21(25)18-8-6-5-7-9-18/h5-13H,14-17H2,1-4H3. The lowest BCUT2D eigenvalue weighted by Crippen LogP contribution is -2.52. The van der Waals surface area contributed by atoms with Crippen molar-refractivity contribution in [3.05, 3.63) is 71.3 Å². The first kappa shape index (κ1) is 22.0. The van der Waals surface area contributed by atoms with Gasteiger partial charge in [0.1, 0.15) is 0 Å². The molecular weight excluding hydrogens is 354 g/mol. The van der Waals surface area contributed by atoms with E-state index in [1.54, 1.807) is 50.6 Å². The van der Waals surface area contributed by atoms with Crippen LogP contribution in [0, 0.1) is 0 Å². The Labute approximate surface area is 167 Å². The molecule has 5 nitrogen and oxygen atoms in total. The fourth-order valence-corrected chi connectivity index (χ4v) is 3.10. The predicted octanol–water partition coefficient (Wildman–Crippen LogP) is 3.47. The molecule has 0 aromatic heterocycles. The van der Waals surface area contributed by atoms with Gasteiger partial charge in [-0.25, -0.2) is 0 Å².